The van der Waals surface area contributed by atoms with Crippen LogP contribution in [0.25, 0.3) is 0 Å². The first kappa shape index (κ1) is 16.7. The van der Waals surface area contributed by atoms with Crippen molar-refractivity contribution in [3.8, 4) is 6.07 Å². The molecule has 3 aromatic rings. The van der Waals surface area contributed by atoms with Gasteiger partial charge in [0, 0.05) is 5.69 Å². The van der Waals surface area contributed by atoms with Crippen LogP contribution < -0.4 is 5.56 Å². The van der Waals surface area contributed by atoms with Crippen molar-refractivity contribution in [1.29, 1.82) is 5.26 Å². The fourth-order valence-electron chi connectivity index (χ4n) is 2.97. The van der Waals surface area contributed by atoms with Gasteiger partial charge in [0.05, 0.1) is 0 Å². The average Bonchev–Trinajstić information content (AvgIpc) is 2.66. The molecule has 2 aromatic carbocycles. The third kappa shape index (κ3) is 4.45. The summed E-state index contributed by atoms with van der Waals surface area (Å²) in [6, 6.07) is 24.3. The van der Waals surface area contributed by atoms with Crippen molar-refractivity contribution in [3.05, 3.63) is 105 Å². The monoisotopic (exact) mass is 328 g/mol. The summed E-state index contributed by atoms with van der Waals surface area (Å²) in [5, 5.41) is 9.33. The molecular weight excluding hydrogens is 308 g/mol. The largest absolute Gasteiger partial charge is 0.325 e. The van der Waals surface area contributed by atoms with Gasteiger partial charge in [-0.05, 0) is 48.4 Å². The van der Waals surface area contributed by atoms with Gasteiger partial charge in [0.1, 0.15) is 11.6 Å². The van der Waals surface area contributed by atoms with Crippen LogP contribution in [-0.4, -0.2) is 4.98 Å². The summed E-state index contributed by atoms with van der Waals surface area (Å²) in [6.45, 7) is 0. The van der Waals surface area contributed by atoms with Crippen molar-refractivity contribution in [2.24, 2.45) is 0 Å². The lowest BCUT2D eigenvalue weighted by atomic mass is 9.99. The SMILES string of the molecule is N#Cc1c(CCc2ccccc2)cc(CCc2ccccc2)[nH]c1=O. The van der Waals surface area contributed by atoms with Crippen molar-refractivity contribution in [2.75, 3.05) is 0 Å². The van der Waals surface area contributed by atoms with E-state index in [1.54, 1.807) is 0 Å². The molecule has 0 fully saturated rings. The third-order valence-corrected chi connectivity index (χ3v) is 4.33. The molecule has 0 atom stereocenters. The minimum atomic E-state index is -0.281. The van der Waals surface area contributed by atoms with Crippen molar-refractivity contribution >= 4 is 0 Å². The standard InChI is InChI=1S/C22H20N2O/c23-16-21-19(13-11-17-7-3-1-4-8-17)15-20(24-22(21)25)14-12-18-9-5-2-6-10-18/h1-10,15H,11-14H2,(H,24,25). The number of pyridine rings is 1. The molecule has 0 saturated carbocycles. The summed E-state index contributed by atoms with van der Waals surface area (Å²) >= 11 is 0. The Hall–Kier alpha value is -3.12. The van der Waals surface area contributed by atoms with E-state index in [-0.39, 0.29) is 11.1 Å². The van der Waals surface area contributed by atoms with E-state index in [1.165, 1.54) is 11.1 Å². The Balaban J connectivity index is 1.78. The molecule has 25 heavy (non-hydrogen) atoms. The predicted octanol–water partition coefficient (Wildman–Crippen LogP) is 3.82. The Morgan fingerprint density at radius 1 is 0.800 bits per heavy atom. The summed E-state index contributed by atoms with van der Waals surface area (Å²) in [7, 11) is 0. The zero-order chi connectivity index (χ0) is 17.5. The molecule has 0 bridgehead atoms. The van der Waals surface area contributed by atoms with Gasteiger partial charge < -0.3 is 4.98 Å². The number of H-pyrrole nitrogens is 1. The summed E-state index contributed by atoms with van der Waals surface area (Å²) in [4.78, 5) is 15.1. The molecular formula is C22H20N2O. The van der Waals surface area contributed by atoms with E-state index in [4.69, 9.17) is 0 Å². The summed E-state index contributed by atoms with van der Waals surface area (Å²) < 4.78 is 0. The Morgan fingerprint density at radius 2 is 1.36 bits per heavy atom. The highest BCUT2D eigenvalue weighted by atomic mass is 16.1. The maximum Gasteiger partial charge on any atom is 0.266 e. The smallest absolute Gasteiger partial charge is 0.266 e. The van der Waals surface area contributed by atoms with Gasteiger partial charge in [-0.25, -0.2) is 0 Å². The molecule has 1 N–H and O–H groups in total. The average molecular weight is 328 g/mol. The molecule has 0 saturated heterocycles. The number of aromatic amines is 1. The molecule has 1 heterocycles. The third-order valence-electron chi connectivity index (χ3n) is 4.33. The van der Waals surface area contributed by atoms with Crippen molar-refractivity contribution in [2.45, 2.75) is 25.7 Å². The second-order valence-corrected chi connectivity index (χ2v) is 6.11. The number of nitriles is 1. The molecule has 0 aliphatic heterocycles. The first-order valence-electron chi connectivity index (χ1n) is 8.49. The second kappa shape index (κ2) is 8.12. The second-order valence-electron chi connectivity index (χ2n) is 6.11. The summed E-state index contributed by atoms with van der Waals surface area (Å²) in [5.74, 6) is 0. The molecule has 124 valence electrons. The number of hydrogen-bond acceptors (Lipinski definition) is 2. The van der Waals surface area contributed by atoms with Crippen LogP contribution in [0.3, 0.4) is 0 Å². The molecule has 0 unspecified atom stereocenters. The van der Waals surface area contributed by atoms with Crippen molar-refractivity contribution in [3.63, 3.8) is 0 Å². The zero-order valence-electron chi connectivity index (χ0n) is 14.0. The number of nitrogens with one attached hydrogen (secondary N) is 1. The van der Waals surface area contributed by atoms with Gasteiger partial charge in [0.2, 0.25) is 0 Å². The number of aryl methyl sites for hydroxylation is 4. The quantitative estimate of drug-likeness (QED) is 0.748. The van der Waals surface area contributed by atoms with Crippen molar-refractivity contribution in [1.82, 2.24) is 4.98 Å². The lowest BCUT2D eigenvalue weighted by Gasteiger charge is -2.08. The molecule has 3 rings (SSSR count). The van der Waals surface area contributed by atoms with Gasteiger partial charge >= 0.3 is 0 Å². The first-order chi connectivity index (χ1) is 12.3. The predicted molar refractivity (Wildman–Crippen MR) is 99.5 cm³/mol. The number of rotatable bonds is 6. The Bertz CT molecular complexity index is 922. The van der Waals surface area contributed by atoms with Gasteiger partial charge in [0.25, 0.3) is 5.56 Å². The highest BCUT2D eigenvalue weighted by Crippen LogP contribution is 2.12. The maximum absolute atomic E-state index is 12.2. The molecule has 3 nitrogen and oxygen atoms in total. The topological polar surface area (TPSA) is 56.6 Å². The summed E-state index contributed by atoms with van der Waals surface area (Å²) in [6.07, 6.45) is 3.12. The van der Waals surface area contributed by atoms with E-state index in [2.05, 4.69) is 35.3 Å². The van der Waals surface area contributed by atoms with Gasteiger partial charge in [-0.1, -0.05) is 60.7 Å². The normalized spacial score (nSPS) is 10.4. The molecule has 0 radical (unpaired) electrons. The Kier molecular flexibility index (Phi) is 5.43. The van der Waals surface area contributed by atoms with E-state index >= 15 is 0 Å². The lowest BCUT2D eigenvalue weighted by molar-refractivity contribution is 0.877. The number of benzene rings is 2. The molecule has 0 spiro atoms. The Labute approximate surface area is 147 Å². The maximum atomic E-state index is 12.2. The van der Waals surface area contributed by atoms with Gasteiger partial charge in [-0.3, -0.25) is 4.79 Å². The molecule has 0 aliphatic carbocycles. The van der Waals surface area contributed by atoms with Crippen LogP contribution in [0.2, 0.25) is 0 Å². The highest BCUT2D eigenvalue weighted by molar-refractivity contribution is 5.37. The van der Waals surface area contributed by atoms with Crippen LogP contribution >= 0.6 is 0 Å². The van der Waals surface area contributed by atoms with Gasteiger partial charge in [-0.15, -0.1) is 0 Å². The van der Waals surface area contributed by atoms with Crippen LogP contribution in [0.5, 0.6) is 0 Å². The van der Waals surface area contributed by atoms with E-state index in [0.29, 0.717) is 6.42 Å². The first-order valence-corrected chi connectivity index (χ1v) is 8.49. The van der Waals surface area contributed by atoms with Gasteiger partial charge in [0.15, 0.2) is 0 Å². The van der Waals surface area contributed by atoms with Crippen LogP contribution in [0.15, 0.2) is 71.5 Å². The van der Waals surface area contributed by atoms with E-state index < -0.39 is 0 Å². The van der Waals surface area contributed by atoms with E-state index in [9.17, 15) is 10.1 Å². The fraction of sp³-hybridized carbons (Fsp3) is 0.182. The highest BCUT2D eigenvalue weighted by Gasteiger charge is 2.10. The molecule has 3 heteroatoms. The number of nitrogens with zero attached hydrogens (tertiary/aromatic N) is 1. The van der Waals surface area contributed by atoms with Crippen LogP contribution in [0, 0.1) is 11.3 Å². The molecule has 0 amide bonds. The van der Waals surface area contributed by atoms with Crippen LogP contribution in [0.4, 0.5) is 0 Å². The van der Waals surface area contributed by atoms with E-state index in [0.717, 1.165) is 30.5 Å². The van der Waals surface area contributed by atoms with E-state index in [1.807, 2.05) is 42.5 Å². The number of hydrogen-bond donors (Lipinski definition) is 1. The summed E-state index contributed by atoms with van der Waals surface area (Å²) in [5.41, 5.74) is 4.11. The van der Waals surface area contributed by atoms with Gasteiger partial charge in [-0.2, -0.15) is 5.26 Å². The minimum absolute atomic E-state index is 0.236. The molecule has 1 aromatic heterocycles. The Morgan fingerprint density at radius 3 is 1.92 bits per heavy atom. The lowest BCUT2D eigenvalue weighted by Crippen LogP contribution is -2.16. The van der Waals surface area contributed by atoms with Crippen molar-refractivity contribution < 1.29 is 0 Å². The minimum Gasteiger partial charge on any atom is -0.325 e. The molecule has 0 aliphatic rings. The zero-order valence-corrected chi connectivity index (χ0v) is 14.0. The number of aromatic nitrogens is 1. The fourth-order valence-corrected chi connectivity index (χ4v) is 2.97. The van der Waals surface area contributed by atoms with Crippen LogP contribution in [-0.2, 0) is 25.7 Å². The van der Waals surface area contributed by atoms with Crippen LogP contribution in [0.1, 0.15) is 27.9 Å².